The standard InChI is InChI=1S/C18H30N4O3/c23-16-11-15(12-21(16)6-5-20-7-9-25-10-8-20)17(24)22-4-2-18(14-22)1-3-19-13-18/h15,19H,1-14H2. The molecule has 2 atom stereocenters. The predicted molar refractivity (Wildman–Crippen MR) is 93.1 cm³/mol. The Balaban J connectivity index is 1.27. The van der Waals surface area contributed by atoms with Crippen molar-refractivity contribution in [3.05, 3.63) is 0 Å². The SMILES string of the molecule is O=C1CC(C(=O)N2CCC3(CCNC3)C2)CN1CCN1CCOCC1. The van der Waals surface area contributed by atoms with Crippen LogP contribution in [0.1, 0.15) is 19.3 Å². The van der Waals surface area contributed by atoms with E-state index in [0.717, 1.165) is 72.0 Å². The molecule has 1 spiro atoms. The van der Waals surface area contributed by atoms with Crippen LogP contribution in [-0.2, 0) is 14.3 Å². The van der Waals surface area contributed by atoms with Crippen molar-refractivity contribution in [2.45, 2.75) is 19.3 Å². The molecule has 0 aromatic heterocycles. The minimum absolute atomic E-state index is 0.137. The number of carbonyl (C=O) groups is 2. The van der Waals surface area contributed by atoms with Gasteiger partial charge in [-0.05, 0) is 19.4 Å². The van der Waals surface area contributed by atoms with Gasteiger partial charge in [0.2, 0.25) is 11.8 Å². The molecule has 0 aromatic carbocycles. The van der Waals surface area contributed by atoms with Gasteiger partial charge >= 0.3 is 0 Å². The number of nitrogens with zero attached hydrogens (tertiary/aromatic N) is 3. The number of rotatable bonds is 4. The minimum atomic E-state index is -0.137. The third-order valence-corrected chi connectivity index (χ3v) is 6.44. The van der Waals surface area contributed by atoms with E-state index in [1.165, 1.54) is 6.42 Å². The zero-order valence-electron chi connectivity index (χ0n) is 15.0. The molecule has 4 rings (SSSR count). The van der Waals surface area contributed by atoms with Gasteiger partial charge in [0.15, 0.2) is 0 Å². The molecule has 0 aromatic rings. The Hall–Kier alpha value is -1.18. The third kappa shape index (κ3) is 3.68. The molecule has 4 aliphatic heterocycles. The molecule has 4 fully saturated rings. The largest absolute Gasteiger partial charge is 0.379 e. The van der Waals surface area contributed by atoms with Crippen LogP contribution in [0.2, 0.25) is 0 Å². The van der Waals surface area contributed by atoms with Crippen LogP contribution < -0.4 is 5.32 Å². The van der Waals surface area contributed by atoms with Gasteiger partial charge in [-0.3, -0.25) is 14.5 Å². The van der Waals surface area contributed by atoms with Gasteiger partial charge in [-0.1, -0.05) is 0 Å². The van der Waals surface area contributed by atoms with Crippen LogP contribution in [0, 0.1) is 11.3 Å². The number of hydrogen-bond acceptors (Lipinski definition) is 5. The second-order valence-electron chi connectivity index (χ2n) is 8.13. The van der Waals surface area contributed by atoms with E-state index in [1.807, 2.05) is 9.80 Å². The van der Waals surface area contributed by atoms with Gasteiger partial charge in [0.25, 0.3) is 0 Å². The summed E-state index contributed by atoms with van der Waals surface area (Å²) >= 11 is 0. The fourth-order valence-electron chi connectivity index (χ4n) is 4.77. The van der Waals surface area contributed by atoms with E-state index in [1.54, 1.807) is 0 Å². The first-order valence-electron chi connectivity index (χ1n) is 9.73. The number of carbonyl (C=O) groups excluding carboxylic acids is 2. The van der Waals surface area contributed by atoms with Crippen molar-refractivity contribution in [2.75, 3.05) is 72.1 Å². The molecule has 7 nitrogen and oxygen atoms in total. The van der Waals surface area contributed by atoms with Crippen LogP contribution in [-0.4, -0.2) is 98.6 Å². The predicted octanol–water partition coefficient (Wildman–Crippen LogP) is -0.621. The van der Waals surface area contributed by atoms with E-state index >= 15 is 0 Å². The van der Waals surface area contributed by atoms with Gasteiger partial charge in [0, 0.05) is 64.2 Å². The number of amides is 2. The van der Waals surface area contributed by atoms with Crippen molar-refractivity contribution in [2.24, 2.45) is 11.3 Å². The van der Waals surface area contributed by atoms with Crippen molar-refractivity contribution >= 4 is 11.8 Å². The van der Waals surface area contributed by atoms with Crippen molar-refractivity contribution < 1.29 is 14.3 Å². The van der Waals surface area contributed by atoms with Gasteiger partial charge in [-0.15, -0.1) is 0 Å². The van der Waals surface area contributed by atoms with Gasteiger partial charge in [-0.25, -0.2) is 0 Å². The van der Waals surface area contributed by atoms with Gasteiger partial charge in [0.1, 0.15) is 0 Å². The van der Waals surface area contributed by atoms with E-state index in [2.05, 4.69) is 10.2 Å². The lowest BCUT2D eigenvalue weighted by molar-refractivity contribution is -0.135. The summed E-state index contributed by atoms with van der Waals surface area (Å²) in [6.45, 7) is 9.49. The second kappa shape index (κ2) is 7.21. The topological polar surface area (TPSA) is 65.1 Å². The Morgan fingerprint density at radius 3 is 2.80 bits per heavy atom. The van der Waals surface area contributed by atoms with Crippen LogP contribution in [0.25, 0.3) is 0 Å². The summed E-state index contributed by atoms with van der Waals surface area (Å²) in [5.41, 5.74) is 0.300. The molecule has 4 heterocycles. The molecule has 2 amide bonds. The third-order valence-electron chi connectivity index (χ3n) is 6.44. The first-order chi connectivity index (χ1) is 12.2. The maximum atomic E-state index is 12.9. The lowest BCUT2D eigenvalue weighted by Gasteiger charge is -2.28. The molecule has 2 unspecified atom stereocenters. The highest BCUT2D eigenvalue weighted by atomic mass is 16.5. The van der Waals surface area contributed by atoms with Gasteiger partial charge in [0.05, 0.1) is 19.1 Å². The number of ether oxygens (including phenoxy) is 1. The Morgan fingerprint density at radius 2 is 2.04 bits per heavy atom. The van der Waals surface area contributed by atoms with E-state index in [0.29, 0.717) is 18.4 Å². The fraction of sp³-hybridized carbons (Fsp3) is 0.889. The highest BCUT2D eigenvalue weighted by molar-refractivity contribution is 5.89. The molecular formula is C18H30N4O3. The molecule has 0 bridgehead atoms. The summed E-state index contributed by atoms with van der Waals surface area (Å²) in [4.78, 5) is 31.5. The molecule has 0 radical (unpaired) electrons. The molecule has 4 aliphatic rings. The van der Waals surface area contributed by atoms with Crippen molar-refractivity contribution in [3.63, 3.8) is 0 Å². The quantitative estimate of drug-likeness (QED) is 0.732. The van der Waals surface area contributed by atoms with Crippen molar-refractivity contribution in [3.8, 4) is 0 Å². The maximum Gasteiger partial charge on any atom is 0.228 e. The Morgan fingerprint density at radius 1 is 1.20 bits per heavy atom. The molecule has 0 aliphatic carbocycles. The maximum absolute atomic E-state index is 12.9. The van der Waals surface area contributed by atoms with Crippen LogP contribution >= 0.6 is 0 Å². The molecule has 0 saturated carbocycles. The fourth-order valence-corrected chi connectivity index (χ4v) is 4.77. The smallest absolute Gasteiger partial charge is 0.228 e. The number of morpholine rings is 1. The summed E-state index contributed by atoms with van der Waals surface area (Å²) < 4.78 is 5.36. The van der Waals surface area contributed by atoms with E-state index in [9.17, 15) is 9.59 Å². The number of hydrogen-bond donors (Lipinski definition) is 1. The molecule has 1 N–H and O–H groups in total. The first kappa shape index (κ1) is 17.2. The highest BCUT2D eigenvalue weighted by Gasteiger charge is 2.44. The minimum Gasteiger partial charge on any atom is -0.379 e. The first-order valence-corrected chi connectivity index (χ1v) is 9.73. The van der Waals surface area contributed by atoms with Crippen molar-refractivity contribution in [1.29, 1.82) is 0 Å². The lowest BCUT2D eigenvalue weighted by atomic mass is 9.86. The van der Waals surface area contributed by atoms with Crippen LogP contribution in [0.15, 0.2) is 0 Å². The Labute approximate surface area is 149 Å². The molecule has 25 heavy (non-hydrogen) atoms. The van der Waals surface area contributed by atoms with E-state index in [-0.39, 0.29) is 17.7 Å². The molecule has 7 heteroatoms. The normalized spacial score (nSPS) is 33.8. The average molecular weight is 350 g/mol. The van der Waals surface area contributed by atoms with E-state index < -0.39 is 0 Å². The highest BCUT2D eigenvalue weighted by Crippen LogP contribution is 2.37. The van der Waals surface area contributed by atoms with E-state index in [4.69, 9.17) is 4.74 Å². The summed E-state index contributed by atoms with van der Waals surface area (Å²) in [5, 5.41) is 3.43. The summed E-state index contributed by atoms with van der Waals surface area (Å²) in [6.07, 6.45) is 2.67. The molecule has 140 valence electrons. The van der Waals surface area contributed by atoms with Gasteiger partial charge < -0.3 is 19.9 Å². The number of nitrogens with one attached hydrogen (secondary N) is 1. The lowest BCUT2D eigenvalue weighted by Crippen LogP contribution is -2.42. The summed E-state index contributed by atoms with van der Waals surface area (Å²) in [6, 6.07) is 0. The average Bonchev–Trinajstić information content (AvgIpc) is 3.35. The Kier molecular flexibility index (Phi) is 4.97. The number of likely N-dealkylation sites (tertiary alicyclic amines) is 2. The summed E-state index contributed by atoms with van der Waals surface area (Å²) in [5.74, 6) is 0.204. The van der Waals surface area contributed by atoms with Crippen LogP contribution in [0.4, 0.5) is 0 Å². The molecule has 4 saturated heterocycles. The summed E-state index contributed by atoms with van der Waals surface area (Å²) in [7, 11) is 0. The second-order valence-corrected chi connectivity index (χ2v) is 8.13. The van der Waals surface area contributed by atoms with Crippen LogP contribution in [0.5, 0.6) is 0 Å². The Bertz CT molecular complexity index is 514. The molecular weight excluding hydrogens is 320 g/mol. The van der Waals surface area contributed by atoms with Crippen LogP contribution in [0.3, 0.4) is 0 Å². The van der Waals surface area contributed by atoms with Gasteiger partial charge in [-0.2, -0.15) is 0 Å². The zero-order chi connectivity index (χ0) is 17.3. The van der Waals surface area contributed by atoms with Crippen molar-refractivity contribution in [1.82, 2.24) is 20.0 Å². The zero-order valence-corrected chi connectivity index (χ0v) is 15.0. The monoisotopic (exact) mass is 350 g/mol.